The van der Waals surface area contributed by atoms with Crippen molar-refractivity contribution in [2.75, 3.05) is 5.32 Å². The van der Waals surface area contributed by atoms with Gasteiger partial charge in [0.05, 0.1) is 11.3 Å². The van der Waals surface area contributed by atoms with Crippen molar-refractivity contribution in [2.24, 2.45) is 4.99 Å². The molecule has 0 saturated heterocycles. The van der Waals surface area contributed by atoms with Crippen molar-refractivity contribution in [1.29, 1.82) is 0 Å². The number of nitrogens with one attached hydrogen (secondary N) is 1. The Balaban J connectivity index is 2.31. The van der Waals surface area contributed by atoms with Gasteiger partial charge in [-0.25, -0.2) is 0 Å². The van der Waals surface area contributed by atoms with Gasteiger partial charge < -0.3 is 5.32 Å². The molecular weight excluding hydrogens is 305 g/mol. The molecule has 23 heavy (non-hydrogen) atoms. The van der Waals surface area contributed by atoms with Gasteiger partial charge in [-0.05, 0) is 42.8 Å². The lowest BCUT2D eigenvalue weighted by molar-refractivity contribution is -0.137. The van der Waals surface area contributed by atoms with Crippen LogP contribution in [-0.4, -0.2) is 11.6 Å². The van der Waals surface area contributed by atoms with Gasteiger partial charge in [0.2, 0.25) is 5.91 Å². The Bertz CT molecular complexity index is 751. The first-order valence-electron chi connectivity index (χ1n) is 6.86. The van der Waals surface area contributed by atoms with Crippen LogP contribution in [0.1, 0.15) is 25.0 Å². The van der Waals surface area contributed by atoms with E-state index in [2.05, 4.69) is 10.3 Å². The minimum atomic E-state index is -4.40. The van der Waals surface area contributed by atoms with Crippen molar-refractivity contribution >= 4 is 23.0 Å². The van der Waals surface area contributed by atoms with Gasteiger partial charge in [-0.15, -0.1) is 0 Å². The molecule has 1 N–H and O–H groups in total. The molecule has 0 unspecified atom stereocenters. The Kier molecular flexibility index (Phi) is 4.83. The number of rotatable bonds is 3. The third-order valence-electron chi connectivity index (χ3n) is 3.07. The number of anilines is 1. The smallest absolute Gasteiger partial charge is 0.326 e. The van der Waals surface area contributed by atoms with Gasteiger partial charge >= 0.3 is 6.18 Å². The van der Waals surface area contributed by atoms with Crippen molar-refractivity contribution in [3.63, 3.8) is 0 Å². The molecule has 0 heterocycles. The predicted molar refractivity (Wildman–Crippen MR) is 84.1 cm³/mol. The van der Waals surface area contributed by atoms with Gasteiger partial charge in [0.1, 0.15) is 0 Å². The zero-order valence-electron chi connectivity index (χ0n) is 12.6. The van der Waals surface area contributed by atoms with Crippen molar-refractivity contribution in [3.8, 4) is 0 Å². The molecule has 2 aromatic rings. The van der Waals surface area contributed by atoms with Gasteiger partial charge in [-0.2, -0.15) is 13.2 Å². The highest BCUT2D eigenvalue weighted by atomic mass is 19.4. The minimum Gasteiger partial charge on any atom is -0.326 e. The highest BCUT2D eigenvalue weighted by Crippen LogP contribution is 2.31. The summed E-state index contributed by atoms with van der Waals surface area (Å²) in [6, 6.07) is 11.8. The van der Waals surface area contributed by atoms with E-state index in [-0.39, 0.29) is 11.6 Å². The molecule has 2 aromatic carbocycles. The molecule has 3 nitrogen and oxygen atoms in total. The molecule has 120 valence electrons. The number of nitrogens with zero attached hydrogens (tertiary/aromatic N) is 1. The fraction of sp³-hybridized carbons (Fsp3) is 0.176. The summed E-state index contributed by atoms with van der Waals surface area (Å²) in [5.74, 6) is -0.199. The van der Waals surface area contributed by atoms with Crippen LogP contribution in [0, 0.1) is 0 Å². The highest BCUT2D eigenvalue weighted by Gasteiger charge is 2.30. The van der Waals surface area contributed by atoms with Crippen LogP contribution in [0.15, 0.2) is 53.5 Å². The summed E-state index contributed by atoms with van der Waals surface area (Å²) in [5, 5.41) is 2.65. The molecular formula is C17H15F3N2O. The first kappa shape index (κ1) is 16.7. The van der Waals surface area contributed by atoms with E-state index >= 15 is 0 Å². The first-order valence-corrected chi connectivity index (χ1v) is 6.86. The van der Waals surface area contributed by atoms with Crippen LogP contribution in [0.4, 0.5) is 24.5 Å². The molecule has 0 aromatic heterocycles. The van der Waals surface area contributed by atoms with E-state index in [9.17, 15) is 18.0 Å². The summed E-state index contributed by atoms with van der Waals surface area (Å²) in [5.41, 5.74) is 1.36. The summed E-state index contributed by atoms with van der Waals surface area (Å²) in [4.78, 5) is 15.3. The van der Waals surface area contributed by atoms with Crippen LogP contribution < -0.4 is 5.32 Å². The van der Waals surface area contributed by atoms with Crippen molar-refractivity contribution in [2.45, 2.75) is 20.0 Å². The molecule has 0 spiro atoms. The fourth-order valence-electron chi connectivity index (χ4n) is 2.04. The van der Waals surface area contributed by atoms with Gasteiger partial charge in [0.25, 0.3) is 0 Å². The van der Waals surface area contributed by atoms with Crippen molar-refractivity contribution < 1.29 is 18.0 Å². The topological polar surface area (TPSA) is 41.5 Å². The monoisotopic (exact) mass is 320 g/mol. The standard InChI is InChI=1S/C17H15F3N2O/c1-11(13-5-3-7-15(9-13)22-12(2)23)21-16-8-4-6-14(10-16)17(18,19)20/h3-10H,1-2H3,(H,22,23). The lowest BCUT2D eigenvalue weighted by atomic mass is 10.1. The molecule has 0 bridgehead atoms. The maximum atomic E-state index is 12.7. The molecule has 0 aliphatic heterocycles. The number of halogens is 3. The average molecular weight is 320 g/mol. The van der Waals surface area contributed by atoms with E-state index in [0.717, 1.165) is 12.1 Å². The van der Waals surface area contributed by atoms with Crippen LogP contribution in [0.25, 0.3) is 0 Å². The Morgan fingerprint density at radius 3 is 2.39 bits per heavy atom. The predicted octanol–water partition coefficient (Wildman–Crippen LogP) is 4.80. The summed E-state index contributed by atoms with van der Waals surface area (Å²) in [6.45, 7) is 3.10. The van der Waals surface area contributed by atoms with E-state index in [1.165, 1.54) is 19.1 Å². The van der Waals surface area contributed by atoms with Gasteiger partial charge in [0, 0.05) is 18.3 Å². The molecule has 0 saturated carbocycles. The Morgan fingerprint density at radius 2 is 1.74 bits per heavy atom. The van der Waals surface area contributed by atoms with Gasteiger partial charge in [-0.1, -0.05) is 18.2 Å². The number of amides is 1. The number of hydrogen-bond donors (Lipinski definition) is 1. The number of carbonyl (C=O) groups excluding carboxylic acids is 1. The molecule has 0 aliphatic carbocycles. The summed E-state index contributed by atoms with van der Waals surface area (Å²) in [7, 11) is 0. The van der Waals surface area contributed by atoms with Gasteiger partial charge in [0.15, 0.2) is 0 Å². The molecule has 0 fully saturated rings. The maximum absolute atomic E-state index is 12.7. The van der Waals surface area contributed by atoms with E-state index in [1.807, 2.05) is 0 Å². The van der Waals surface area contributed by atoms with Gasteiger partial charge in [-0.3, -0.25) is 9.79 Å². The molecule has 0 atom stereocenters. The van der Waals surface area contributed by atoms with E-state index < -0.39 is 11.7 Å². The van der Waals surface area contributed by atoms with E-state index in [4.69, 9.17) is 0 Å². The van der Waals surface area contributed by atoms with Crippen molar-refractivity contribution in [1.82, 2.24) is 0 Å². The third-order valence-corrected chi connectivity index (χ3v) is 3.07. The van der Waals surface area contributed by atoms with E-state index in [0.29, 0.717) is 17.0 Å². The Hall–Kier alpha value is -2.63. The van der Waals surface area contributed by atoms with Crippen LogP contribution in [-0.2, 0) is 11.0 Å². The fourth-order valence-corrected chi connectivity index (χ4v) is 2.04. The SMILES string of the molecule is CC(=O)Nc1cccc(C(C)=Nc2cccc(C(F)(F)F)c2)c1. The Labute approximate surface area is 131 Å². The second kappa shape index (κ2) is 6.64. The number of aliphatic imine (C=N–C) groups is 1. The molecule has 6 heteroatoms. The zero-order chi connectivity index (χ0) is 17.0. The average Bonchev–Trinajstić information content (AvgIpc) is 2.46. The van der Waals surface area contributed by atoms with E-state index in [1.54, 1.807) is 31.2 Å². The summed E-state index contributed by atoms with van der Waals surface area (Å²) < 4.78 is 38.1. The maximum Gasteiger partial charge on any atom is 0.416 e. The highest BCUT2D eigenvalue weighted by molar-refractivity contribution is 6.01. The Morgan fingerprint density at radius 1 is 1.04 bits per heavy atom. The van der Waals surface area contributed by atoms with Crippen LogP contribution in [0.2, 0.25) is 0 Å². The molecule has 2 rings (SSSR count). The lowest BCUT2D eigenvalue weighted by Gasteiger charge is -2.08. The largest absolute Gasteiger partial charge is 0.416 e. The molecule has 0 radical (unpaired) electrons. The quantitative estimate of drug-likeness (QED) is 0.811. The van der Waals surface area contributed by atoms with Crippen molar-refractivity contribution in [3.05, 3.63) is 59.7 Å². The second-order valence-electron chi connectivity index (χ2n) is 5.01. The number of carbonyl (C=O) groups is 1. The van der Waals surface area contributed by atoms with Crippen LogP contribution in [0.5, 0.6) is 0 Å². The summed E-state index contributed by atoms with van der Waals surface area (Å²) >= 11 is 0. The summed E-state index contributed by atoms with van der Waals surface area (Å²) in [6.07, 6.45) is -4.40. The molecule has 1 amide bonds. The normalized spacial score (nSPS) is 12.1. The minimum absolute atomic E-state index is 0.199. The number of benzene rings is 2. The first-order chi connectivity index (χ1) is 10.8. The number of hydrogen-bond acceptors (Lipinski definition) is 2. The van der Waals surface area contributed by atoms with Crippen LogP contribution >= 0.6 is 0 Å². The lowest BCUT2D eigenvalue weighted by Crippen LogP contribution is -2.06. The number of alkyl halides is 3. The third kappa shape index (κ3) is 4.67. The zero-order valence-corrected chi connectivity index (χ0v) is 12.6. The second-order valence-corrected chi connectivity index (χ2v) is 5.01. The molecule has 0 aliphatic rings. The van der Waals surface area contributed by atoms with Crippen LogP contribution in [0.3, 0.4) is 0 Å².